The Morgan fingerprint density at radius 1 is 1.28 bits per heavy atom. The number of hydrogen-bond acceptors (Lipinski definition) is 5. The predicted molar refractivity (Wildman–Crippen MR) is 71.0 cm³/mol. The molecule has 2 rings (SSSR count). The molecule has 1 aliphatic heterocycles. The maximum atomic E-state index is 5.69. The number of methoxy groups -OCH3 is 1. The molecule has 1 saturated heterocycles. The van der Waals surface area contributed by atoms with Crippen LogP contribution in [0.5, 0.6) is 11.8 Å². The molecule has 0 bridgehead atoms. The zero-order chi connectivity index (χ0) is 12.8. The number of aromatic nitrogens is 1. The first-order valence-electron chi connectivity index (χ1n) is 6.45. The highest BCUT2D eigenvalue weighted by atomic mass is 16.5. The average molecular weight is 251 g/mol. The highest BCUT2D eigenvalue weighted by Crippen LogP contribution is 2.21. The van der Waals surface area contributed by atoms with Crippen LogP contribution >= 0.6 is 0 Å². The molecular formula is C13H21N3O2. The maximum Gasteiger partial charge on any atom is 0.240 e. The lowest BCUT2D eigenvalue weighted by Gasteiger charge is -2.26. The van der Waals surface area contributed by atoms with E-state index in [4.69, 9.17) is 15.2 Å². The number of piperidine rings is 1. The van der Waals surface area contributed by atoms with Gasteiger partial charge in [-0.3, -0.25) is 4.90 Å². The van der Waals surface area contributed by atoms with Crippen LogP contribution in [0.4, 0.5) is 5.69 Å². The Labute approximate surface area is 108 Å². The Balaban J connectivity index is 1.79. The molecule has 0 aliphatic carbocycles. The Morgan fingerprint density at radius 2 is 2.06 bits per heavy atom. The molecule has 0 radical (unpaired) electrons. The molecule has 2 heterocycles. The summed E-state index contributed by atoms with van der Waals surface area (Å²) in [5.74, 6) is 0.989. The molecule has 0 saturated carbocycles. The Bertz CT molecular complexity index is 378. The third-order valence-corrected chi connectivity index (χ3v) is 3.16. The third kappa shape index (κ3) is 3.50. The molecule has 18 heavy (non-hydrogen) atoms. The topological polar surface area (TPSA) is 60.6 Å². The van der Waals surface area contributed by atoms with Gasteiger partial charge in [-0.2, -0.15) is 4.98 Å². The van der Waals surface area contributed by atoms with Crippen molar-refractivity contribution in [2.45, 2.75) is 19.3 Å². The van der Waals surface area contributed by atoms with E-state index in [0.29, 0.717) is 24.1 Å². The quantitative estimate of drug-likeness (QED) is 0.860. The monoisotopic (exact) mass is 251 g/mol. The summed E-state index contributed by atoms with van der Waals surface area (Å²) in [6.45, 7) is 3.97. The van der Waals surface area contributed by atoms with Crippen LogP contribution in [0.3, 0.4) is 0 Å². The molecule has 5 nitrogen and oxygen atoms in total. The van der Waals surface area contributed by atoms with E-state index in [9.17, 15) is 0 Å². The molecule has 2 N–H and O–H groups in total. The summed E-state index contributed by atoms with van der Waals surface area (Å²) in [5.41, 5.74) is 6.22. The van der Waals surface area contributed by atoms with Gasteiger partial charge in [0.1, 0.15) is 6.61 Å². The van der Waals surface area contributed by atoms with E-state index in [1.165, 1.54) is 32.4 Å². The van der Waals surface area contributed by atoms with Crippen molar-refractivity contribution in [3.63, 3.8) is 0 Å². The van der Waals surface area contributed by atoms with E-state index in [1.54, 1.807) is 19.2 Å². The molecule has 1 aromatic heterocycles. The van der Waals surface area contributed by atoms with Crippen LogP contribution in [0.2, 0.25) is 0 Å². The van der Waals surface area contributed by atoms with Crippen molar-refractivity contribution in [2.75, 3.05) is 39.1 Å². The molecule has 5 heteroatoms. The van der Waals surface area contributed by atoms with Crippen LogP contribution in [-0.2, 0) is 0 Å². The van der Waals surface area contributed by atoms with Crippen molar-refractivity contribution in [1.29, 1.82) is 0 Å². The second-order valence-corrected chi connectivity index (χ2v) is 4.50. The van der Waals surface area contributed by atoms with Gasteiger partial charge in [0.15, 0.2) is 0 Å². The molecule has 1 fully saturated rings. The van der Waals surface area contributed by atoms with Crippen LogP contribution in [0.1, 0.15) is 19.3 Å². The Hall–Kier alpha value is -1.49. The first-order valence-corrected chi connectivity index (χ1v) is 6.45. The van der Waals surface area contributed by atoms with Crippen molar-refractivity contribution >= 4 is 5.69 Å². The summed E-state index contributed by atoms with van der Waals surface area (Å²) in [4.78, 5) is 6.61. The lowest BCUT2D eigenvalue weighted by atomic mass is 10.1. The molecule has 1 aliphatic rings. The van der Waals surface area contributed by atoms with Crippen molar-refractivity contribution in [3.8, 4) is 11.8 Å². The minimum atomic E-state index is 0.422. The van der Waals surface area contributed by atoms with Crippen molar-refractivity contribution in [3.05, 3.63) is 12.1 Å². The summed E-state index contributed by atoms with van der Waals surface area (Å²) >= 11 is 0. The minimum Gasteiger partial charge on any atom is -0.479 e. The normalized spacial score (nSPS) is 16.5. The van der Waals surface area contributed by atoms with Gasteiger partial charge in [0.25, 0.3) is 0 Å². The molecule has 0 unspecified atom stereocenters. The van der Waals surface area contributed by atoms with Gasteiger partial charge in [0.05, 0.1) is 12.8 Å². The number of pyridine rings is 1. The lowest BCUT2D eigenvalue weighted by molar-refractivity contribution is 0.180. The fourth-order valence-corrected chi connectivity index (χ4v) is 2.14. The molecule has 0 atom stereocenters. The second kappa shape index (κ2) is 6.44. The number of rotatable bonds is 5. The van der Waals surface area contributed by atoms with E-state index in [0.717, 1.165) is 6.54 Å². The van der Waals surface area contributed by atoms with Gasteiger partial charge in [-0.25, -0.2) is 0 Å². The summed E-state index contributed by atoms with van der Waals surface area (Å²) in [6, 6.07) is 3.52. The van der Waals surface area contributed by atoms with Crippen LogP contribution in [0.15, 0.2) is 12.1 Å². The summed E-state index contributed by atoms with van der Waals surface area (Å²) < 4.78 is 10.7. The van der Waals surface area contributed by atoms with Crippen LogP contribution in [0.25, 0.3) is 0 Å². The zero-order valence-corrected chi connectivity index (χ0v) is 10.9. The molecule has 0 spiro atoms. The standard InChI is InChI=1S/C13H21N3O2/c1-17-13-11(14)5-6-12(15-13)18-10-9-16-7-3-2-4-8-16/h5-6H,2-4,7-10,14H2,1H3. The minimum absolute atomic E-state index is 0.422. The highest BCUT2D eigenvalue weighted by Gasteiger charge is 2.10. The third-order valence-electron chi connectivity index (χ3n) is 3.16. The number of hydrogen-bond donors (Lipinski definition) is 1. The smallest absolute Gasteiger partial charge is 0.240 e. The van der Waals surface area contributed by atoms with E-state index in [2.05, 4.69) is 9.88 Å². The summed E-state index contributed by atoms with van der Waals surface area (Å²) in [5, 5.41) is 0. The van der Waals surface area contributed by atoms with Gasteiger partial charge in [0, 0.05) is 12.6 Å². The van der Waals surface area contributed by atoms with Crippen molar-refractivity contribution in [1.82, 2.24) is 9.88 Å². The van der Waals surface area contributed by atoms with E-state index in [1.807, 2.05) is 0 Å². The van der Waals surface area contributed by atoms with Crippen LogP contribution in [-0.4, -0.2) is 43.2 Å². The van der Waals surface area contributed by atoms with E-state index in [-0.39, 0.29) is 0 Å². The highest BCUT2D eigenvalue weighted by molar-refractivity contribution is 5.49. The lowest BCUT2D eigenvalue weighted by Crippen LogP contribution is -2.33. The average Bonchev–Trinajstić information content (AvgIpc) is 2.42. The SMILES string of the molecule is COc1nc(OCCN2CCCCC2)ccc1N. The van der Waals surface area contributed by atoms with Gasteiger partial charge >= 0.3 is 0 Å². The number of likely N-dealkylation sites (tertiary alicyclic amines) is 1. The van der Waals surface area contributed by atoms with Gasteiger partial charge in [-0.15, -0.1) is 0 Å². The van der Waals surface area contributed by atoms with Gasteiger partial charge in [0.2, 0.25) is 11.8 Å². The fourth-order valence-electron chi connectivity index (χ4n) is 2.14. The molecular weight excluding hydrogens is 230 g/mol. The number of nitrogens with zero attached hydrogens (tertiary/aromatic N) is 2. The molecule has 1 aromatic rings. The molecule has 100 valence electrons. The van der Waals surface area contributed by atoms with Gasteiger partial charge in [-0.05, 0) is 32.0 Å². The molecule has 0 aromatic carbocycles. The second-order valence-electron chi connectivity index (χ2n) is 4.50. The zero-order valence-electron chi connectivity index (χ0n) is 10.9. The summed E-state index contributed by atoms with van der Waals surface area (Å²) in [7, 11) is 1.55. The summed E-state index contributed by atoms with van der Waals surface area (Å²) in [6.07, 6.45) is 3.95. The Morgan fingerprint density at radius 3 is 2.78 bits per heavy atom. The first kappa shape index (κ1) is 13.0. The van der Waals surface area contributed by atoms with Crippen LogP contribution in [0, 0.1) is 0 Å². The number of ether oxygens (including phenoxy) is 2. The van der Waals surface area contributed by atoms with Crippen LogP contribution < -0.4 is 15.2 Å². The molecule has 0 amide bonds. The maximum absolute atomic E-state index is 5.69. The number of nitrogen functional groups attached to an aromatic ring is 1. The Kier molecular flexibility index (Phi) is 4.64. The fraction of sp³-hybridized carbons (Fsp3) is 0.615. The van der Waals surface area contributed by atoms with Crippen molar-refractivity contribution in [2.24, 2.45) is 0 Å². The van der Waals surface area contributed by atoms with Gasteiger partial charge < -0.3 is 15.2 Å². The van der Waals surface area contributed by atoms with E-state index < -0.39 is 0 Å². The van der Waals surface area contributed by atoms with E-state index >= 15 is 0 Å². The van der Waals surface area contributed by atoms with Gasteiger partial charge in [-0.1, -0.05) is 6.42 Å². The first-order chi connectivity index (χ1) is 8.79. The number of nitrogens with two attached hydrogens (primary N) is 1. The van der Waals surface area contributed by atoms with Crippen molar-refractivity contribution < 1.29 is 9.47 Å². The predicted octanol–water partition coefficient (Wildman–Crippen LogP) is 1.54. The number of anilines is 1. The largest absolute Gasteiger partial charge is 0.479 e.